The number of urea groups is 1. The number of carbonyl (C=O) groups excluding carboxylic acids is 3. The third kappa shape index (κ3) is 7.72. The van der Waals surface area contributed by atoms with Gasteiger partial charge >= 0.3 is 6.03 Å². The Labute approximate surface area is 169 Å². The molecule has 0 bridgehead atoms. The van der Waals surface area contributed by atoms with Gasteiger partial charge in [-0.1, -0.05) is 17.7 Å². The second-order valence-corrected chi connectivity index (χ2v) is 5.77. The Morgan fingerprint density at radius 3 is 2.28 bits per heavy atom. The third-order valence-electron chi connectivity index (χ3n) is 3.15. The highest BCUT2D eigenvalue weighted by Crippen LogP contribution is 2.18. The van der Waals surface area contributed by atoms with Crippen LogP contribution in [-0.4, -0.2) is 36.0 Å². The number of hydrazine groups is 1. The molecule has 0 atom stereocenters. The highest BCUT2D eigenvalue weighted by molar-refractivity contribution is 6.30. The zero-order chi connectivity index (χ0) is 21.2. The molecular formula is C17H15ClN4O7. The average Bonchev–Trinajstić information content (AvgIpc) is 2.70. The number of ether oxygens (including phenoxy) is 2. The van der Waals surface area contributed by atoms with Crippen LogP contribution >= 0.6 is 11.6 Å². The monoisotopic (exact) mass is 422 g/mol. The van der Waals surface area contributed by atoms with Gasteiger partial charge in [0.05, 0.1) is 11.0 Å². The highest BCUT2D eigenvalue weighted by Gasteiger charge is 2.11. The molecule has 0 aliphatic rings. The van der Waals surface area contributed by atoms with E-state index in [0.717, 1.165) is 6.07 Å². The van der Waals surface area contributed by atoms with E-state index in [1.165, 1.54) is 18.2 Å². The molecule has 0 heterocycles. The van der Waals surface area contributed by atoms with Crippen molar-refractivity contribution >= 4 is 35.1 Å². The molecule has 4 amide bonds. The second-order valence-electron chi connectivity index (χ2n) is 5.34. The minimum atomic E-state index is -0.988. The highest BCUT2D eigenvalue weighted by atomic mass is 35.5. The summed E-state index contributed by atoms with van der Waals surface area (Å²) in [6.07, 6.45) is 0. The Kier molecular flexibility index (Phi) is 7.74. The fourth-order valence-corrected chi connectivity index (χ4v) is 2.00. The standard InChI is InChI=1S/C17H15ClN4O7/c18-11-4-6-13(7-5-11)28-9-15(23)19-17(25)21-20-16(24)10-29-14-3-1-2-12(8-14)22(26)27/h1-8H,9-10H2,(H,20,24)(H2,19,21,23,25). The molecule has 0 aliphatic carbocycles. The zero-order valence-corrected chi connectivity index (χ0v) is 15.5. The van der Waals surface area contributed by atoms with Crippen LogP contribution in [0.4, 0.5) is 10.5 Å². The molecule has 12 heteroatoms. The molecule has 11 nitrogen and oxygen atoms in total. The number of nitrogens with one attached hydrogen (secondary N) is 3. The summed E-state index contributed by atoms with van der Waals surface area (Å²) >= 11 is 5.72. The first-order chi connectivity index (χ1) is 13.8. The molecule has 2 aromatic rings. The zero-order valence-electron chi connectivity index (χ0n) is 14.7. The summed E-state index contributed by atoms with van der Waals surface area (Å²) in [6.45, 7) is -0.950. The lowest BCUT2D eigenvalue weighted by Gasteiger charge is -2.10. The number of rotatable bonds is 7. The van der Waals surface area contributed by atoms with E-state index in [1.807, 2.05) is 16.2 Å². The second kappa shape index (κ2) is 10.5. The van der Waals surface area contributed by atoms with E-state index >= 15 is 0 Å². The Bertz CT molecular complexity index is 905. The van der Waals surface area contributed by atoms with Crippen LogP contribution < -0.4 is 25.6 Å². The van der Waals surface area contributed by atoms with Crippen molar-refractivity contribution in [3.8, 4) is 11.5 Å². The Morgan fingerprint density at radius 1 is 0.931 bits per heavy atom. The van der Waals surface area contributed by atoms with E-state index in [9.17, 15) is 24.5 Å². The SMILES string of the molecule is O=C(COc1cccc([N+](=O)[O-])c1)NNC(=O)NC(=O)COc1ccc(Cl)cc1. The lowest BCUT2D eigenvalue weighted by Crippen LogP contribution is -2.50. The fraction of sp³-hybridized carbons (Fsp3) is 0.118. The molecule has 0 aliphatic heterocycles. The van der Waals surface area contributed by atoms with Crippen molar-refractivity contribution in [3.05, 3.63) is 63.7 Å². The summed E-state index contributed by atoms with van der Waals surface area (Å²) in [6, 6.07) is 10.5. The molecule has 2 aromatic carbocycles. The average molecular weight is 423 g/mol. The molecule has 3 N–H and O–H groups in total. The van der Waals surface area contributed by atoms with Gasteiger partial charge < -0.3 is 9.47 Å². The normalized spacial score (nSPS) is 9.83. The number of halogens is 1. The number of amides is 4. The molecule has 0 spiro atoms. The topological polar surface area (TPSA) is 149 Å². The molecule has 0 saturated carbocycles. The summed E-state index contributed by atoms with van der Waals surface area (Å²) in [7, 11) is 0. The summed E-state index contributed by atoms with van der Waals surface area (Å²) in [5, 5.41) is 13.1. The molecule has 152 valence electrons. The molecule has 0 radical (unpaired) electrons. The van der Waals surface area contributed by atoms with Gasteiger partial charge in [-0.15, -0.1) is 0 Å². The van der Waals surface area contributed by atoms with Crippen LogP contribution in [0.5, 0.6) is 11.5 Å². The molecule has 0 aromatic heterocycles. The maximum Gasteiger partial charge on any atom is 0.340 e. The van der Waals surface area contributed by atoms with Gasteiger partial charge in [-0.25, -0.2) is 10.2 Å². The van der Waals surface area contributed by atoms with Crippen LogP contribution in [-0.2, 0) is 9.59 Å². The summed E-state index contributed by atoms with van der Waals surface area (Å²) in [5.41, 5.74) is 3.77. The van der Waals surface area contributed by atoms with Gasteiger partial charge in [0, 0.05) is 11.1 Å². The smallest absolute Gasteiger partial charge is 0.340 e. The van der Waals surface area contributed by atoms with E-state index in [1.54, 1.807) is 24.3 Å². The van der Waals surface area contributed by atoms with Gasteiger partial charge in [-0.05, 0) is 30.3 Å². The van der Waals surface area contributed by atoms with Crippen LogP contribution in [0.25, 0.3) is 0 Å². The summed E-state index contributed by atoms with van der Waals surface area (Å²) in [5.74, 6) is -1.01. The first-order valence-corrected chi connectivity index (χ1v) is 8.35. The third-order valence-corrected chi connectivity index (χ3v) is 3.40. The number of nitro benzene ring substituents is 1. The molecule has 29 heavy (non-hydrogen) atoms. The maximum absolute atomic E-state index is 11.6. The van der Waals surface area contributed by atoms with Gasteiger partial charge in [-0.2, -0.15) is 0 Å². The number of benzene rings is 2. The van der Waals surface area contributed by atoms with E-state index in [-0.39, 0.29) is 11.4 Å². The Morgan fingerprint density at radius 2 is 1.59 bits per heavy atom. The van der Waals surface area contributed by atoms with Gasteiger partial charge in [-0.3, -0.25) is 30.4 Å². The van der Waals surface area contributed by atoms with Crippen molar-refractivity contribution in [1.29, 1.82) is 0 Å². The van der Waals surface area contributed by atoms with Gasteiger partial charge in [0.25, 0.3) is 17.5 Å². The van der Waals surface area contributed by atoms with E-state index in [2.05, 4.69) is 0 Å². The van der Waals surface area contributed by atoms with Gasteiger partial charge in [0.1, 0.15) is 11.5 Å². The minimum absolute atomic E-state index is 0.105. The lowest BCUT2D eigenvalue weighted by atomic mass is 10.3. The van der Waals surface area contributed by atoms with E-state index in [4.69, 9.17) is 21.1 Å². The van der Waals surface area contributed by atoms with Crippen molar-refractivity contribution in [2.24, 2.45) is 0 Å². The van der Waals surface area contributed by atoms with Crippen LogP contribution in [0.15, 0.2) is 48.5 Å². The van der Waals surface area contributed by atoms with Gasteiger partial charge in [0.2, 0.25) is 0 Å². The van der Waals surface area contributed by atoms with E-state index in [0.29, 0.717) is 10.8 Å². The van der Waals surface area contributed by atoms with Crippen molar-refractivity contribution < 1.29 is 28.8 Å². The first-order valence-electron chi connectivity index (χ1n) is 7.98. The maximum atomic E-state index is 11.6. The summed E-state index contributed by atoms with van der Waals surface area (Å²) < 4.78 is 10.2. The Hall–Kier alpha value is -3.86. The number of hydrogen-bond donors (Lipinski definition) is 3. The van der Waals surface area contributed by atoms with Crippen LogP contribution in [0.2, 0.25) is 5.02 Å². The predicted octanol–water partition coefficient (Wildman–Crippen LogP) is 1.56. The molecule has 0 unspecified atom stereocenters. The summed E-state index contributed by atoms with van der Waals surface area (Å²) in [4.78, 5) is 44.9. The van der Waals surface area contributed by atoms with Crippen molar-refractivity contribution in [2.45, 2.75) is 0 Å². The van der Waals surface area contributed by atoms with Crippen molar-refractivity contribution in [1.82, 2.24) is 16.2 Å². The van der Waals surface area contributed by atoms with Gasteiger partial charge in [0.15, 0.2) is 13.2 Å². The number of hydrogen-bond acceptors (Lipinski definition) is 7. The predicted molar refractivity (Wildman–Crippen MR) is 100 cm³/mol. The van der Waals surface area contributed by atoms with Crippen LogP contribution in [0.3, 0.4) is 0 Å². The first kappa shape index (κ1) is 21.4. The van der Waals surface area contributed by atoms with Crippen molar-refractivity contribution in [2.75, 3.05) is 13.2 Å². The van der Waals surface area contributed by atoms with E-state index < -0.39 is 36.0 Å². The Balaban J connectivity index is 1.66. The molecule has 0 fully saturated rings. The number of non-ortho nitro benzene ring substituents is 1. The van der Waals surface area contributed by atoms with Crippen molar-refractivity contribution in [3.63, 3.8) is 0 Å². The van der Waals surface area contributed by atoms with Crippen LogP contribution in [0, 0.1) is 10.1 Å². The van der Waals surface area contributed by atoms with Crippen LogP contribution in [0.1, 0.15) is 0 Å². The molecular weight excluding hydrogens is 408 g/mol. The molecule has 0 saturated heterocycles. The number of nitro groups is 1. The fourth-order valence-electron chi connectivity index (χ4n) is 1.87. The largest absolute Gasteiger partial charge is 0.484 e. The number of imide groups is 1. The number of nitrogens with zero attached hydrogens (tertiary/aromatic N) is 1. The molecule has 2 rings (SSSR count). The lowest BCUT2D eigenvalue weighted by molar-refractivity contribution is -0.384. The quantitative estimate of drug-likeness (QED) is 0.452. The number of carbonyl (C=O) groups is 3. The minimum Gasteiger partial charge on any atom is -0.484 e.